The van der Waals surface area contributed by atoms with Gasteiger partial charge in [-0.25, -0.2) is 9.59 Å². The summed E-state index contributed by atoms with van der Waals surface area (Å²) in [6, 6.07) is 43.4. The van der Waals surface area contributed by atoms with Crippen LogP contribution in [0.25, 0.3) is 11.1 Å². The number of cyclic esters (lactones) is 2. The first-order valence-electron chi connectivity index (χ1n) is 21.6. The normalized spacial score (nSPS) is 14.8. The van der Waals surface area contributed by atoms with Crippen LogP contribution in [0.15, 0.2) is 169 Å². The molecule has 8 nitrogen and oxygen atoms in total. The Labute approximate surface area is 358 Å². The minimum absolute atomic E-state index is 0.227. The molecule has 2 aliphatic heterocycles. The first kappa shape index (κ1) is 39.6. The van der Waals surface area contributed by atoms with Crippen molar-refractivity contribution in [2.24, 2.45) is 0 Å². The molecule has 0 N–H and O–H groups in total. The summed E-state index contributed by atoms with van der Waals surface area (Å²) in [6.07, 6.45) is 20.7. The highest BCUT2D eigenvalue weighted by Gasteiger charge is 2.43. The van der Waals surface area contributed by atoms with Crippen molar-refractivity contribution in [2.45, 2.75) is 69.6 Å². The van der Waals surface area contributed by atoms with Crippen molar-refractivity contribution in [3.8, 4) is 11.1 Å². The van der Waals surface area contributed by atoms with Gasteiger partial charge in [0.15, 0.2) is 0 Å². The number of anilines is 6. The van der Waals surface area contributed by atoms with Crippen LogP contribution in [-0.4, -0.2) is 35.1 Å². The standard InChI is InChI=1S/C53H50N4O4/c58-51-31-39(37-60-51)15-5-3-11-27-53(28-12-4-6-16-40-32-52(59)61-38-40)49-33-43(56(41-17-7-1-8-18-41)45-21-13-29-54-35-45)23-25-47(49)48-26-24-44(34-50(48)53)57(42-19-9-2-10-20-42)46-22-14-30-55-36-46/h1-2,7-10,13-14,17-26,29-36H,3-6,11-12,15-16,27-28,37-38H2. The Bertz CT molecular complexity index is 2280. The monoisotopic (exact) mass is 806 g/mol. The van der Waals surface area contributed by atoms with E-state index in [1.54, 1.807) is 12.2 Å². The van der Waals surface area contributed by atoms with Crippen LogP contribution in [0.5, 0.6) is 0 Å². The molecule has 0 bridgehead atoms. The van der Waals surface area contributed by atoms with Crippen LogP contribution in [0.3, 0.4) is 0 Å². The summed E-state index contributed by atoms with van der Waals surface area (Å²) >= 11 is 0. The number of fused-ring (bicyclic) bond motifs is 3. The van der Waals surface area contributed by atoms with E-state index in [1.165, 1.54) is 22.3 Å². The molecular weight excluding hydrogens is 757 g/mol. The lowest BCUT2D eigenvalue weighted by Crippen LogP contribution is -2.26. The molecule has 0 amide bonds. The van der Waals surface area contributed by atoms with E-state index in [4.69, 9.17) is 9.47 Å². The number of pyridine rings is 2. The molecular formula is C53H50N4O4. The van der Waals surface area contributed by atoms with Gasteiger partial charge in [-0.1, -0.05) is 74.2 Å². The van der Waals surface area contributed by atoms with Crippen LogP contribution in [0.2, 0.25) is 0 Å². The fourth-order valence-corrected chi connectivity index (χ4v) is 9.46. The number of carbonyl (C=O) groups is 2. The summed E-state index contributed by atoms with van der Waals surface area (Å²) in [5.74, 6) is -0.454. The maximum atomic E-state index is 11.8. The van der Waals surface area contributed by atoms with Gasteiger partial charge in [0.25, 0.3) is 0 Å². The topological polar surface area (TPSA) is 84.9 Å². The van der Waals surface area contributed by atoms with Crippen molar-refractivity contribution in [3.63, 3.8) is 0 Å². The van der Waals surface area contributed by atoms with Crippen LogP contribution >= 0.6 is 0 Å². The molecule has 2 aromatic heterocycles. The van der Waals surface area contributed by atoms with Crippen molar-refractivity contribution >= 4 is 46.1 Å². The lowest BCUT2D eigenvalue weighted by molar-refractivity contribution is -0.135. The van der Waals surface area contributed by atoms with Gasteiger partial charge in [0.2, 0.25) is 0 Å². The van der Waals surface area contributed by atoms with Gasteiger partial charge in [-0.05, 0) is 145 Å². The van der Waals surface area contributed by atoms with E-state index >= 15 is 0 Å². The number of rotatable bonds is 18. The zero-order chi connectivity index (χ0) is 41.4. The van der Waals surface area contributed by atoms with Crippen LogP contribution in [-0.2, 0) is 24.5 Å². The lowest BCUT2D eigenvalue weighted by Gasteiger charge is -2.35. The number of nitrogens with zero attached hydrogens (tertiary/aromatic N) is 4. The Hall–Kier alpha value is -6.80. The zero-order valence-corrected chi connectivity index (χ0v) is 34.4. The summed E-state index contributed by atoms with van der Waals surface area (Å²) in [4.78, 5) is 37.3. The molecule has 0 fully saturated rings. The third-order valence-corrected chi connectivity index (χ3v) is 12.3. The van der Waals surface area contributed by atoms with Crippen molar-refractivity contribution in [2.75, 3.05) is 23.0 Å². The molecule has 0 saturated heterocycles. The Kier molecular flexibility index (Phi) is 11.8. The van der Waals surface area contributed by atoms with Crippen molar-refractivity contribution in [1.29, 1.82) is 0 Å². The van der Waals surface area contributed by atoms with E-state index in [-0.39, 0.29) is 17.4 Å². The predicted octanol–water partition coefficient (Wildman–Crippen LogP) is 12.6. The minimum atomic E-state index is -0.289. The fraction of sp³-hybridized carbons (Fsp3) is 0.245. The molecule has 0 unspecified atom stereocenters. The molecule has 1 aliphatic carbocycles. The van der Waals surface area contributed by atoms with E-state index in [0.29, 0.717) is 13.2 Å². The summed E-state index contributed by atoms with van der Waals surface area (Å²) < 4.78 is 10.4. The summed E-state index contributed by atoms with van der Waals surface area (Å²) in [5, 5.41) is 0. The van der Waals surface area contributed by atoms with Crippen LogP contribution in [0.1, 0.15) is 75.3 Å². The summed E-state index contributed by atoms with van der Waals surface area (Å²) in [7, 11) is 0. The number of benzene rings is 4. The fourth-order valence-electron chi connectivity index (χ4n) is 9.46. The maximum absolute atomic E-state index is 11.8. The van der Waals surface area contributed by atoms with Crippen molar-refractivity contribution in [3.05, 3.63) is 181 Å². The van der Waals surface area contributed by atoms with Gasteiger partial charge in [0.05, 0.1) is 23.8 Å². The zero-order valence-electron chi connectivity index (χ0n) is 34.4. The highest BCUT2D eigenvalue weighted by Crippen LogP contribution is 2.57. The molecule has 61 heavy (non-hydrogen) atoms. The Balaban J connectivity index is 1.14. The number of carbonyl (C=O) groups excluding carboxylic acids is 2. The van der Waals surface area contributed by atoms with E-state index in [1.807, 2.05) is 36.9 Å². The molecule has 9 rings (SSSR count). The van der Waals surface area contributed by atoms with E-state index in [0.717, 1.165) is 109 Å². The van der Waals surface area contributed by atoms with Crippen LogP contribution in [0.4, 0.5) is 34.1 Å². The highest BCUT2D eigenvalue weighted by atomic mass is 16.5. The Morgan fingerprint density at radius 3 is 1.31 bits per heavy atom. The maximum Gasteiger partial charge on any atom is 0.331 e. The molecule has 0 saturated carbocycles. The van der Waals surface area contributed by atoms with Gasteiger partial charge in [0, 0.05) is 52.7 Å². The Morgan fingerprint density at radius 1 is 0.475 bits per heavy atom. The molecule has 4 heterocycles. The number of ether oxygens (including phenoxy) is 2. The number of hydrogen-bond donors (Lipinski definition) is 0. The minimum Gasteiger partial charge on any atom is -0.458 e. The molecule has 306 valence electrons. The van der Waals surface area contributed by atoms with E-state index < -0.39 is 0 Å². The highest BCUT2D eigenvalue weighted by molar-refractivity contribution is 5.89. The van der Waals surface area contributed by atoms with Gasteiger partial charge in [-0.3, -0.25) is 9.97 Å². The molecule has 8 heteroatoms. The van der Waals surface area contributed by atoms with Gasteiger partial charge in [0.1, 0.15) is 13.2 Å². The molecule has 0 radical (unpaired) electrons. The second-order valence-corrected chi connectivity index (χ2v) is 16.2. The Morgan fingerprint density at radius 2 is 0.918 bits per heavy atom. The van der Waals surface area contributed by atoms with E-state index in [9.17, 15) is 9.59 Å². The number of para-hydroxylation sites is 2. The first-order valence-corrected chi connectivity index (χ1v) is 21.6. The van der Waals surface area contributed by atoms with Crippen molar-refractivity contribution < 1.29 is 19.1 Å². The lowest BCUT2D eigenvalue weighted by atomic mass is 9.70. The largest absolute Gasteiger partial charge is 0.458 e. The average molecular weight is 807 g/mol. The molecule has 6 aromatic rings. The number of esters is 2. The molecule has 4 aromatic carbocycles. The van der Waals surface area contributed by atoms with Crippen LogP contribution in [0, 0.1) is 0 Å². The third kappa shape index (κ3) is 8.62. The SMILES string of the molecule is O=C1C=C(CCCCCC2(CCCCCC3=CC(=O)OC3)c3cc(N(c4ccccc4)c4cccnc4)ccc3-c3ccc(N(c4ccccc4)c4cccnc4)cc32)CO1. The predicted molar refractivity (Wildman–Crippen MR) is 242 cm³/mol. The molecule has 0 atom stereocenters. The van der Waals surface area contributed by atoms with Gasteiger partial charge in [-0.15, -0.1) is 0 Å². The number of unbranched alkanes of at least 4 members (excludes halogenated alkanes) is 4. The van der Waals surface area contributed by atoms with Crippen LogP contribution < -0.4 is 9.80 Å². The van der Waals surface area contributed by atoms with Gasteiger partial charge < -0.3 is 19.3 Å². The number of hydrogen-bond acceptors (Lipinski definition) is 8. The van der Waals surface area contributed by atoms with Gasteiger partial charge >= 0.3 is 11.9 Å². The number of aromatic nitrogens is 2. The van der Waals surface area contributed by atoms with Crippen molar-refractivity contribution in [1.82, 2.24) is 9.97 Å². The first-order chi connectivity index (χ1) is 30.1. The van der Waals surface area contributed by atoms with E-state index in [2.05, 4.69) is 129 Å². The molecule has 0 spiro atoms. The second kappa shape index (κ2) is 18.2. The van der Waals surface area contributed by atoms with Gasteiger partial charge in [-0.2, -0.15) is 0 Å². The smallest absolute Gasteiger partial charge is 0.331 e. The molecule has 3 aliphatic rings. The third-order valence-electron chi connectivity index (χ3n) is 12.3. The quantitative estimate of drug-likeness (QED) is 0.0627. The summed E-state index contributed by atoms with van der Waals surface area (Å²) in [6.45, 7) is 0.825. The second-order valence-electron chi connectivity index (χ2n) is 16.2. The summed E-state index contributed by atoms with van der Waals surface area (Å²) in [5.41, 5.74) is 13.5. The average Bonchev–Trinajstić information content (AvgIpc) is 4.00.